The molecule has 0 aromatic heterocycles. The normalized spacial score (nSPS) is 40.1. The van der Waals surface area contributed by atoms with Gasteiger partial charge in [-0.3, -0.25) is 9.59 Å². The average molecular weight is 575 g/mol. The second kappa shape index (κ2) is 11.2. The lowest BCUT2D eigenvalue weighted by molar-refractivity contribution is -0.171. The molecule has 3 rings (SSSR count). The molecular weight excluding hydrogens is 527 g/mol. The van der Waals surface area contributed by atoms with Gasteiger partial charge in [0, 0.05) is 17.3 Å². The summed E-state index contributed by atoms with van der Waals surface area (Å²) in [6, 6.07) is 0. The van der Waals surface area contributed by atoms with E-state index in [4.69, 9.17) is 9.47 Å². The number of rotatable bonds is 8. The molecule has 0 N–H and O–H groups in total. The number of cyclic esters (lactones) is 1. The van der Waals surface area contributed by atoms with Crippen LogP contribution in [0, 0.1) is 40.9 Å². The van der Waals surface area contributed by atoms with Crippen molar-refractivity contribution in [2.75, 3.05) is 4.43 Å². The molecule has 3 fully saturated rings. The van der Waals surface area contributed by atoms with E-state index < -0.39 is 5.60 Å². The maximum Gasteiger partial charge on any atom is 0.310 e. The maximum absolute atomic E-state index is 12.7. The average Bonchev–Trinajstić information content (AvgIpc) is 3.00. The number of fused-ring (bicyclic) bond motifs is 1. The van der Waals surface area contributed by atoms with Gasteiger partial charge in [0.25, 0.3) is 0 Å². The van der Waals surface area contributed by atoms with Crippen LogP contribution >= 0.6 is 22.6 Å². The van der Waals surface area contributed by atoms with E-state index in [2.05, 4.69) is 57.2 Å². The third kappa shape index (κ3) is 6.09. The van der Waals surface area contributed by atoms with Crippen molar-refractivity contribution >= 4 is 34.5 Å². The van der Waals surface area contributed by atoms with Crippen LogP contribution < -0.4 is 0 Å². The van der Waals surface area contributed by atoms with Gasteiger partial charge in [0.2, 0.25) is 0 Å². The van der Waals surface area contributed by atoms with Gasteiger partial charge in [-0.1, -0.05) is 69.5 Å². The first kappa shape index (κ1) is 27.3. The minimum Gasteiger partial charge on any atom is -0.462 e. The second-order valence-electron chi connectivity index (χ2n) is 12.3. The van der Waals surface area contributed by atoms with Crippen LogP contribution in [-0.2, 0) is 19.1 Å². The summed E-state index contributed by atoms with van der Waals surface area (Å²) in [7, 11) is 0. The predicted octanol–water partition coefficient (Wildman–Crippen LogP) is 7.36. The number of alkyl halides is 1. The fourth-order valence-electron chi connectivity index (χ4n) is 7.97. The SMILES string of the molecule is CC(=O)O[C@H]1CC[C@@](C)([C@H]2CC[C@]3(C)[C@@H]([C@H](C)CCCC(C)C)CC[C@H]3[C@@H]2CI)OC(=O)C1. The molecule has 8 atom stereocenters. The molecule has 4 nitrogen and oxygen atoms in total. The minimum absolute atomic E-state index is 0.188. The largest absolute Gasteiger partial charge is 0.462 e. The molecule has 190 valence electrons. The predicted molar refractivity (Wildman–Crippen MR) is 141 cm³/mol. The number of hydrogen-bond donors (Lipinski definition) is 0. The van der Waals surface area contributed by atoms with E-state index in [9.17, 15) is 9.59 Å². The zero-order chi connectivity index (χ0) is 24.4. The number of esters is 2. The molecule has 2 saturated carbocycles. The Bertz CT molecular complexity index is 693. The van der Waals surface area contributed by atoms with Crippen molar-refractivity contribution in [1.29, 1.82) is 0 Å². The first-order valence-electron chi connectivity index (χ1n) is 13.4. The van der Waals surface area contributed by atoms with Crippen molar-refractivity contribution in [1.82, 2.24) is 0 Å². The molecule has 1 saturated heterocycles. The van der Waals surface area contributed by atoms with Crippen molar-refractivity contribution in [2.24, 2.45) is 40.9 Å². The fourth-order valence-corrected chi connectivity index (χ4v) is 9.20. The van der Waals surface area contributed by atoms with Crippen LogP contribution in [0.2, 0.25) is 0 Å². The van der Waals surface area contributed by atoms with Gasteiger partial charge in [0.15, 0.2) is 0 Å². The highest BCUT2D eigenvalue weighted by atomic mass is 127. The maximum atomic E-state index is 12.7. The summed E-state index contributed by atoms with van der Waals surface area (Å²) in [6.07, 6.45) is 10.5. The molecule has 2 aliphatic carbocycles. The highest BCUT2D eigenvalue weighted by molar-refractivity contribution is 14.1. The standard InChI is InChI=1S/C28H47IO4/c1-18(2)8-7-9-19(3)23-10-11-24-22(17-29)25(13-14-27(23,24)5)28(6)15-12-21(32-20(4)30)16-26(31)33-28/h18-19,21-25H,7-17H2,1-6H3/t19-,21+,22+,23-,24+,25+,27-,28+/m1/s1. The molecule has 33 heavy (non-hydrogen) atoms. The Balaban J connectivity index is 1.73. The Morgan fingerprint density at radius 2 is 1.82 bits per heavy atom. The highest BCUT2D eigenvalue weighted by Crippen LogP contribution is 2.63. The lowest BCUT2D eigenvalue weighted by atomic mass is 9.54. The van der Waals surface area contributed by atoms with E-state index in [0.717, 1.165) is 35.0 Å². The van der Waals surface area contributed by atoms with Crippen LogP contribution in [0.4, 0.5) is 0 Å². The van der Waals surface area contributed by atoms with Crippen molar-refractivity contribution in [3.8, 4) is 0 Å². The van der Waals surface area contributed by atoms with Gasteiger partial charge >= 0.3 is 11.9 Å². The molecule has 0 aromatic carbocycles. The number of carbonyl (C=O) groups excluding carboxylic acids is 2. The minimum atomic E-state index is -0.454. The van der Waals surface area contributed by atoms with Crippen LogP contribution in [-0.4, -0.2) is 28.1 Å². The van der Waals surface area contributed by atoms with Crippen LogP contribution in [0.1, 0.15) is 106 Å². The molecule has 1 heterocycles. The summed E-state index contributed by atoms with van der Waals surface area (Å²) >= 11 is 2.59. The Labute approximate surface area is 215 Å². The summed E-state index contributed by atoms with van der Waals surface area (Å²) in [5.74, 6) is 3.59. The van der Waals surface area contributed by atoms with E-state index >= 15 is 0 Å². The molecule has 0 radical (unpaired) electrons. The molecule has 0 unspecified atom stereocenters. The van der Waals surface area contributed by atoms with E-state index in [1.165, 1.54) is 45.4 Å². The zero-order valence-corrected chi connectivity index (χ0v) is 24.0. The summed E-state index contributed by atoms with van der Waals surface area (Å²) in [6.45, 7) is 13.3. The number of ether oxygens (including phenoxy) is 2. The monoisotopic (exact) mass is 574 g/mol. The van der Waals surface area contributed by atoms with E-state index in [-0.39, 0.29) is 24.5 Å². The van der Waals surface area contributed by atoms with Crippen LogP contribution in [0.3, 0.4) is 0 Å². The third-order valence-corrected chi connectivity index (χ3v) is 10.7. The number of carbonyl (C=O) groups is 2. The molecule has 1 aliphatic heterocycles. The molecular formula is C28H47IO4. The molecule has 3 aliphatic rings. The van der Waals surface area contributed by atoms with Crippen molar-refractivity contribution in [3.63, 3.8) is 0 Å². The van der Waals surface area contributed by atoms with Crippen molar-refractivity contribution in [3.05, 3.63) is 0 Å². The van der Waals surface area contributed by atoms with E-state index in [1.807, 2.05) is 0 Å². The van der Waals surface area contributed by atoms with Gasteiger partial charge in [0.1, 0.15) is 11.7 Å². The van der Waals surface area contributed by atoms with Crippen molar-refractivity contribution in [2.45, 2.75) is 117 Å². The Hall–Kier alpha value is -0.330. The van der Waals surface area contributed by atoms with Crippen LogP contribution in [0.5, 0.6) is 0 Å². The summed E-state index contributed by atoms with van der Waals surface area (Å²) < 4.78 is 12.7. The Kier molecular flexibility index (Phi) is 9.22. The summed E-state index contributed by atoms with van der Waals surface area (Å²) in [5.41, 5.74) is -0.0426. The topological polar surface area (TPSA) is 52.6 Å². The van der Waals surface area contributed by atoms with E-state index in [1.54, 1.807) is 0 Å². The van der Waals surface area contributed by atoms with Crippen LogP contribution in [0.25, 0.3) is 0 Å². The Morgan fingerprint density at radius 3 is 2.45 bits per heavy atom. The number of hydrogen-bond acceptors (Lipinski definition) is 4. The molecule has 0 bridgehead atoms. The van der Waals surface area contributed by atoms with Crippen molar-refractivity contribution < 1.29 is 19.1 Å². The molecule has 0 aromatic rings. The van der Waals surface area contributed by atoms with Gasteiger partial charge < -0.3 is 9.47 Å². The molecule has 0 amide bonds. The lowest BCUT2D eigenvalue weighted by Gasteiger charge is -2.53. The van der Waals surface area contributed by atoms with Gasteiger partial charge in [-0.15, -0.1) is 0 Å². The smallest absolute Gasteiger partial charge is 0.310 e. The first-order chi connectivity index (χ1) is 15.5. The summed E-state index contributed by atoms with van der Waals surface area (Å²) in [4.78, 5) is 24.2. The highest BCUT2D eigenvalue weighted by Gasteiger charge is 2.58. The van der Waals surface area contributed by atoms with E-state index in [0.29, 0.717) is 29.6 Å². The van der Waals surface area contributed by atoms with Gasteiger partial charge in [0.05, 0.1) is 6.42 Å². The quantitative estimate of drug-likeness (QED) is 0.173. The fraction of sp³-hybridized carbons (Fsp3) is 0.929. The first-order valence-corrected chi connectivity index (χ1v) is 15.0. The summed E-state index contributed by atoms with van der Waals surface area (Å²) in [5, 5.41) is 0. The van der Waals surface area contributed by atoms with Crippen LogP contribution in [0.15, 0.2) is 0 Å². The zero-order valence-electron chi connectivity index (χ0n) is 21.8. The molecule has 0 spiro atoms. The second-order valence-corrected chi connectivity index (χ2v) is 13.2. The van der Waals surface area contributed by atoms with Gasteiger partial charge in [-0.25, -0.2) is 0 Å². The number of halogens is 1. The van der Waals surface area contributed by atoms with Gasteiger partial charge in [-0.2, -0.15) is 0 Å². The van der Waals surface area contributed by atoms with Gasteiger partial charge in [-0.05, 0) is 80.5 Å². The lowest BCUT2D eigenvalue weighted by Crippen LogP contribution is -2.51. The Morgan fingerprint density at radius 1 is 1.09 bits per heavy atom. The molecule has 5 heteroatoms. The third-order valence-electron chi connectivity index (χ3n) is 9.64.